The van der Waals surface area contributed by atoms with Crippen LogP contribution in [0, 0.1) is 13.8 Å². The highest BCUT2D eigenvalue weighted by Crippen LogP contribution is 2.26. The van der Waals surface area contributed by atoms with Crippen molar-refractivity contribution in [1.29, 1.82) is 0 Å². The maximum atomic E-state index is 13.1. The summed E-state index contributed by atoms with van der Waals surface area (Å²) in [6.45, 7) is 7.33. The summed E-state index contributed by atoms with van der Waals surface area (Å²) in [7, 11) is 0.611. The second-order valence-electron chi connectivity index (χ2n) is 5.96. The number of esters is 1. The van der Waals surface area contributed by atoms with Crippen LogP contribution in [-0.4, -0.2) is 17.9 Å². The Bertz CT molecular complexity index is 705. The number of rotatable bonds is 5. The molecule has 2 atom stereocenters. The minimum atomic E-state index is -0.932. The van der Waals surface area contributed by atoms with Gasteiger partial charge < -0.3 is 9.30 Å². The van der Waals surface area contributed by atoms with Gasteiger partial charge in [0.05, 0.1) is 15.2 Å². The van der Waals surface area contributed by atoms with Crippen LogP contribution in [0.3, 0.4) is 0 Å². The van der Waals surface area contributed by atoms with E-state index in [2.05, 4.69) is 0 Å². The van der Waals surface area contributed by atoms with Gasteiger partial charge in [-0.15, -0.1) is 0 Å². The number of hydrogen-bond acceptors (Lipinski definition) is 4. The Hall–Kier alpha value is -2.19. The largest absolute Gasteiger partial charge is 0.462 e. The Morgan fingerprint density at radius 2 is 1.40 bits per heavy atom. The average molecular weight is 360 g/mol. The number of benzene rings is 2. The molecule has 2 aromatic rings. The van der Waals surface area contributed by atoms with Gasteiger partial charge in [-0.1, -0.05) is 48.5 Å². The fraction of sp³-hybridized carbons (Fsp3) is 0.300. The van der Waals surface area contributed by atoms with Crippen LogP contribution >= 0.6 is 9.12 Å². The van der Waals surface area contributed by atoms with Crippen LogP contribution in [0.25, 0.3) is 0 Å². The van der Waals surface area contributed by atoms with Crippen LogP contribution in [0.15, 0.2) is 48.5 Å². The SMILES string of the molecule is Cc1cccc(C)c1C(=O)C(C(=O)OC(C)C)c1ccccc1.O=[PH3]. The molecular weight excluding hydrogens is 335 g/mol. The van der Waals surface area contributed by atoms with E-state index >= 15 is 0 Å². The molecule has 0 saturated heterocycles. The van der Waals surface area contributed by atoms with Crippen LogP contribution < -0.4 is 0 Å². The quantitative estimate of drug-likeness (QED) is 0.348. The summed E-state index contributed by atoms with van der Waals surface area (Å²) in [5.74, 6) is -1.64. The predicted octanol–water partition coefficient (Wildman–Crippen LogP) is 4.16. The average Bonchev–Trinajstić information content (AvgIpc) is 2.57. The number of Topliss-reactive ketones (excluding diaryl/α,β-unsaturated/α-hetero) is 1. The number of hydrogen-bond donors (Lipinski definition) is 0. The van der Waals surface area contributed by atoms with Gasteiger partial charge in [0.15, 0.2) is 5.78 Å². The fourth-order valence-electron chi connectivity index (χ4n) is 2.69. The highest BCUT2D eigenvalue weighted by molar-refractivity contribution is 7.00. The van der Waals surface area contributed by atoms with E-state index in [1.165, 1.54) is 0 Å². The molecule has 0 saturated carbocycles. The molecule has 0 aliphatic rings. The van der Waals surface area contributed by atoms with E-state index in [0.717, 1.165) is 11.1 Å². The molecule has 5 heteroatoms. The summed E-state index contributed by atoms with van der Waals surface area (Å²) in [6.07, 6.45) is -0.264. The van der Waals surface area contributed by atoms with Crippen LogP contribution in [0.2, 0.25) is 0 Å². The van der Waals surface area contributed by atoms with Crippen LogP contribution in [0.5, 0.6) is 0 Å². The van der Waals surface area contributed by atoms with Crippen LogP contribution in [-0.2, 0) is 14.1 Å². The third kappa shape index (κ3) is 5.40. The summed E-state index contributed by atoms with van der Waals surface area (Å²) in [5, 5.41) is 0. The van der Waals surface area contributed by atoms with E-state index in [9.17, 15) is 9.59 Å². The van der Waals surface area contributed by atoms with E-state index < -0.39 is 11.9 Å². The van der Waals surface area contributed by atoms with Gasteiger partial charge in [-0.3, -0.25) is 9.59 Å². The molecule has 0 bridgehead atoms. The van der Waals surface area contributed by atoms with Gasteiger partial charge in [0.25, 0.3) is 0 Å². The lowest BCUT2D eigenvalue weighted by Crippen LogP contribution is -2.27. The highest BCUT2D eigenvalue weighted by Gasteiger charge is 2.32. The molecule has 0 aliphatic heterocycles. The molecule has 2 unspecified atom stereocenters. The lowest BCUT2D eigenvalue weighted by atomic mass is 9.87. The van der Waals surface area contributed by atoms with Crippen molar-refractivity contribution >= 4 is 20.9 Å². The third-order valence-electron chi connectivity index (χ3n) is 3.71. The van der Waals surface area contributed by atoms with Gasteiger partial charge in [0, 0.05) is 5.56 Å². The number of ether oxygens (including phenoxy) is 1. The van der Waals surface area contributed by atoms with Crippen LogP contribution in [0.1, 0.15) is 46.8 Å². The van der Waals surface area contributed by atoms with Crippen molar-refractivity contribution in [2.24, 2.45) is 0 Å². The maximum absolute atomic E-state index is 13.1. The molecule has 0 fully saturated rings. The summed E-state index contributed by atoms with van der Waals surface area (Å²) >= 11 is 0. The normalized spacial score (nSPS) is 11.4. The monoisotopic (exact) mass is 360 g/mol. The Labute approximate surface area is 150 Å². The number of aryl methyl sites for hydroxylation is 2. The first-order valence-corrected chi connectivity index (χ1v) is 8.64. The summed E-state index contributed by atoms with van der Waals surface area (Å²) in [6, 6.07) is 14.8. The first-order valence-electron chi connectivity index (χ1n) is 8.06. The van der Waals surface area contributed by atoms with Crippen molar-refractivity contribution in [1.82, 2.24) is 0 Å². The topological polar surface area (TPSA) is 60.4 Å². The first kappa shape index (κ1) is 20.9. The zero-order valence-corrected chi connectivity index (χ0v) is 16.5. The Morgan fingerprint density at radius 1 is 0.880 bits per heavy atom. The van der Waals surface area contributed by atoms with E-state index in [4.69, 9.17) is 9.30 Å². The fourth-order valence-corrected chi connectivity index (χ4v) is 2.69. The number of carbonyl (C=O) groups is 2. The van der Waals surface area contributed by atoms with Crippen molar-refractivity contribution in [3.8, 4) is 0 Å². The maximum Gasteiger partial charge on any atom is 0.321 e. The lowest BCUT2D eigenvalue weighted by Gasteiger charge is -2.19. The molecule has 25 heavy (non-hydrogen) atoms. The predicted molar refractivity (Wildman–Crippen MR) is 102 cm³/mol. The van der Waals surface area contributed by atoms with Gasteiger partial charge in [-0.05, 0) is 44.4 Å². The molecule has 2 rings (SSSR count). The van der Waals surface area contributed by atoms with Crippen molar-refractivity contribution < 1.29 is 18.9 Å². The van der Waals surface area contributed by atoms with E-state index in [1.807, 2.05) is 50.2 Å². The van der Waals surface area contributed by atoms with Crippen molar-refractivity contribution in [3.05, 3.63) is 70.8 Å². The van der Waals surface area contributed by atoms with Gasteiger partial charge in [0.2, 0.25) is 0 Å². The molecule has 0 heterocycles. The van der Waals surface area contributed by atoms with E-state index in [0.29, 0.717) is 20.2 Å². The number of carbonyl (C=O) groups excluding carboxylic acids is 2. The summed E-state index contributed by atoms with van der Waals surface area (Å²) < 4.78 is 13.6. The molecule has 0 amide bonds. The van der Waals surface area contributed by atoms with Crippen molar-refractivity contribution in [3.63, 3.8) is 0 Å². The van der Waals surface area contributed by atoms with Gasteiger partial charge in [0.1, 0.15) is 5.92 Å². The minimum absolute atomic E-state index is 0.211. The Balaban J connectivity index is 0.00000151. The standard InChI is InChI=1S/C20H22O3.H3OP/c1-13(2)23-20(22)18(16-11-6-5-7-12-16)19(21)17-14(3)9-8-10-15(17)4;1-2/h5-13,18H,1-4H3;2H3. The van der Waals surface area contributed by atoms with Gasteiger partial charge in [-0.25, -0.2) is 0 Å². The molecule has 0 spiro atoms. The third-order valence-corrected chi connectivity index (χ3v) is 3.71. The molecule has 134 valence electrons. The second kappa shape index (κ2) is 9.95. The zero-order valence-electron chi connectivity index (χ0n) is 15.1. The van der Waals surface area contributed by atoms with E-state index in [1.54, 1.807) is 26.0 Å². The first-order chi connectivity index (χ1) is 11.9. The van der Waals surface area contributed by atoms with Crippen LogP contribution in [0.4, 0.5) is 0 Å². The number of ketones is 1. The Morgan fingerprint density at radius 3 is 1.88 bits per heavy atom. The minimum Gasteiger partial charge on any atom is -0.462 e. The molecule has 0 aromatic heterocycles. The van der Waals surface area contributed by atoms with E-state index in [-0.39, 0.29) is 11.9 Å². The molecule has 0 radical (unpaired) electrons. The van der Waals surface area contributed by atoms with Gasteiger partial charge >= 0.3 is 5.97 Å². The lowest BCUT2D eigenvalue weighted by molar-refractivity contribution is -0.147. The van der Waals surface area contributed by atoms with Gasteiger partial charge in [-0.2, -0.15) is 0 Å². The Kier molecular flexibility index (Phi) is 8.30. The molecular formula is C20H25O4P. The molecule has 0 aliphatic carbocycles. The zero-order chi connectivity index (χ0) is 19.0. The van der Waals surface area contributed by atoms with Crippen molar-refractivity contribution in [2.75, 3.05) is 0 Å². The molecule has 0 N–H and O–H groups in total. The molecule has 4 nitrogen and oxygen atoms in total. The molecule has 2 aromatic carbocycles. The summed E-state index contributed by atoms with van der Waals surface area (Å²) in [4.78, 5) is 25.7. The highest BCUT2D eigenvalue weighted by atomic mass is 31.0. The van der Waals surface area contributed by atoms with Crippen molar-refractivity contribution in [2.45, 2.75) is 39.7 Å². The summed E-state index contributed by atoms with van der Waals surface area (Å²) in [5.41, 5.74) is 2.99. The smallest absolute Gasteiger partial charge is 0.321 e. The second-order valence-corrected chi connectivity index (χ2v) is 5.96.